The van der Waals surface area contributed by atoms with E-state index in [1.165, 1.54) is 44.2 Å². The first-order chi connectivity index (χ1) is 14.4. The molecule has 29 heavy (non-hydrogen) atoms. The molecule has 0 heterocycles. The molecular weight excluding hydrogens is 348 g/mol. The standard InChI is InChI=1S/C29H22/c1-3-9-22(10-4-1)21-23-15-17-25(18-16-23)28-20-19-24-11-7-8-14-27(24)29(28)26-12-5-2-6-13-26/h1-20H,21H2. The summed E-state index contributed by atoms with van der Waals surface area (Å²) in [4.78, 5) is 0. The Kier molecular flexibility index (Phi) is 4.68. The van der Waals surface area contributed by atoms with Gasteiger partial charge in [-0.3, -0.25) is 0 Å². The summed E-state index contributed by atoms with van der Waals surface area (Å²) in [6.45, 7) is 0. The number of rotatable bonds is 4. The van der Waals surface area contributed by atoms with Gasteiger partial charge in [-0.1, -0.05) is 121 Å². The fourth-order valence-corrected chi connectivity index (χ4v) is 4.06. The Hall–Kier alpha value is -3.64. The quantitative estimate of drug-likeness (QED) is 0.303. The Bertz CT molecular complexity index is 1230. The minimum absolute atomic E-state index is 0.963. The zero-order chi connectivity index (χ0) is 19.5. The molecule has 5 aromatic carbocycles. The molecule has 0 fully saturated rings. The van der Waals surface area contributed by atoms with Crippen molar-refractivity contribution in [3.63, 3.8) is 0 Å². The predicted molar refractivity (Wildman–Crippen MR) is 124 cm³/mol. The minimum Gasteiger partial charge on any atom is -0.0622 e. The summed E-state index contributed by atoms with van der Waals surface area (Å²) in [6.07, 6.45) is 0.963. The van der Waals surface area contributed by atoms with Crippen molar-refractivity contribution in [2.75, 3.05) is 0 Å². The Balaban J connectivity index is 1.60. The molecule has 138 valence electrons. The van der Waals surface area contributed by atoms with Gasteiger partial charge in [-0.2, -0.15) is 0 Å². The van der Waals surface area contributed by atoms with E-state index in [0.717, 1.165) is 6.42 Å². The van der Waals surface area contributed by atoms with E-state index in [2.05, 4.69) is 121 Å². The van der Waals surface area contributed by atoms with Crippen molar-refractivity contribution in [1.29, 1.82) is 0 Å². The van der Waals surface area contributed by atoms with Gasteiger partial charge in [-0.25, -0.2) is 0 Å². The number of hydrogen-bond acceptors (Lipinski definition) is 0. The van der Waals surface area contributed by atoms with E-state index in [1.807, 2.05) is 0 Å². The molecule has 0 aromatic heterocycles. The molecule has 0 N–H and O–H groups in total. The van der Waals surface area contributed by atoms with E-state index in [0.29, 0.717) is 0 Å². The summed E-state index contributed by atoms with van der Waals surface area (Å²) in [5.41, 5.74) is 7.78. The lowest BCUT2D eigenvalue weighted by atomic mass is 9.89. The molecule has 0 heteroatoms. The normalized spacial score (nSPS) is 10.9. The topological polar surface area (TPSA) is 0 Å². The van der Waals surface area contributed by atoms with Crippen molar-refractivity contribution in [3.05, 3.63) is 132 Å². The first-order valence-electron chi connectivity index (χ1n) is 10.1. The van der Waals surface area contributed by atoms with E-state index in [4.69, 9.17) is 0 Å². The fraction of sp³-hybridized carbons (Fsp3) is 0.0345. The van der Waals surface area contributed by atoms with Crippen LogP contribution in [0.25, 0.3) is 33.0 Å². The monoisotopic (exact) mass is 370 g/mol. The molecular formula is C29H22. The lowest BCUT2D eigenvalue weighted by molar-refractivity contribution is 1.19. The Labute approximate surface area is 172 Å². The van der Waals surface area contributed by atoms with Crippen LogP contribution in [0.15, 0.2) is 121 Å². The highest BCUT2D eigenvalue weighted by Crippen LogP contribution is 2.38. The molecule has 0 aliphatic rings. The number of hydrogen-bond donors (Lipinski definition) is 0. The molecule has 0 atom stereocenters. The van der Waals surface area contributed by atoms with Crippen LogP contribution < -0.4 is 0 Å². The number of fused-ring (bicyclic) bond motifs is 1. The summed E-state index contributed by atoms with van der Waals surface area (Å²) in [7, 11) is 0. The maximum Gasteiger partial charge on any atom is -0.00258 e. The van der Waals surface area contributed by atoms with Crippen LogP contribution >= 0.6 is 0 Å². The third-order valence-electron chi connectivity index (χ3n) is 5.51. The summed E-state index contributed by atoms with van der Waals surface area (Å²) >= 11 is 0. The van der Waals surface area contributed by atoms with Crippen LogP contribution in [0.4, 0.5) is 0 Å². The van der Waals surface area contributed by atoms with E-state index < -0.39 is 0 Å². The van der Waals surface area contributed by atoms with Gasteiger partial charge in [0.1, 0.15) is 0 Å². The van der Waals surface area contributed by atoms with Crippen molar-refractivity contribution < 1.29 is 0 Å². The van der Waals surface area contributed by atoms with Crippen molar-refractivity contribution in [2.45, 2.75) is 6.42 Å². The molecule has 0 bridgehead atoms. The second-order valence-corrected chi connectivity index (χ2v) is 7.43. The molecule has 5 rings (SSSR count). The average Bonchev–Trinajstić information content (AvgIpc) is 2.80. The fourth-order valence-electron chi connectivity index (χ4n) is 4.06. The summed E-state index contributed by atoms with van der Waals surface area (Å²) in [6, 6.07) is 43.5. The molecule has 5 aromatic rings. The summed E-state index contributed by atoms with van der Waals surface area (Å²) in [5, 5.41) is 2.57. The van der Waals surface area contributed by atoms with E-state index in [1.54, 1.807) is 0 Å². The Morgan fingerprint density at radius 1 is 0.414 bits per heavy atom. The van der Waals surface area contributed by atoms with Crippen molar-refractivity contribution in [3.8, 4) is 22.3 Å². The van der Waals surface area contributed by atoms with Gasteiger partial charge in [0, 0.05) is 0 Å². The predicted octanol–water partition coefficient (Wildman–Crippen LogP) is 7.76. The lowest BCUT2D eigenvalue weighted by Gasteiger charge is -2.14. The average molecular weight is 370 g/mol. The Morgan fingerprint density at radius 3 is 1.79 bits per heavy atom. The van der Waals surface area contributed by atoms with Crippen LogP contribution in [0.5, 0.6) is 0 Å². The van der Waals surface area contributed by atoms with Crippen LogP contribution in [0, 0.1) is 0 Å². The van der Waals surface area contributed by atoms with Crippen molar-refractivity contribution in [1.82, 2.24) is 0 Å². The van der Waals surface area contributed by atoms with Gasteiger partial charge in [0.2, 0.25) is 0 Å². The molecule has 0 saturated heterocycles. The van der Waals surface area contributed by atoms with Gasteiger partial charge in [0.05, 0.1) is 0 Å². The zero-order valence-electron chi connectivity index (χ0n) is 16.3. The van der Waals surface area contributed by atoms with E-state index in [-0.39, 0.29) is 0 Å². The molecule has 0 unspecified atom stereocenters. The highest BCUT2D eigenvalue weighted by atomic mass is 14.1. The Morgan fingerprint density at radius 2 is 1.03 bits per heavy atom. The van der Waals surface area contributed by atoms with Gasteiger partial charge in [0.25, 0.3) is 0 Å². The summed E-state index contributed by atoms with van der Waals surface area (Å²) < 4.78 is 0. The molecule has 0 radical (unpaired) electrons. The third kappa shape index (κ3) is 3.58. The second kappa shape index (κ2) is 7.77. The van der Waals surface area contributed by atoms with Gasteiger partial charge in [-0.15, -0.1) is 0 Å². The minimum atomic E-state index is 0.963. The lowest BCUT2D eigenvalue weighted by Crippen LogP contribution is -1.90. The maximum absolute atomic E-state index is 2.26. The van der Waals surface area contributed by atoms with Crippen LogP contribution in [0.2, 0.25) is 0 Å². The third-order valence-corrected chi connectivity index (χ3v) is 5.51. The highest BCUT2D eigenvalue weighted by Gasteiger charge is 2.11. The van der Waals surface area contributed by atoms with Gasteiger partial charge in [-0.05, 0) is 50.6 Å². The van der Waals surface area contributed by atoms with Gasteiger partial charge in [0.15, 0.2) is 0 Å². The first kappa shape index (κ1) is 17.5. The zero-order valence-corrected chi connectivity index (χ0v) is 16.3. The first-order valence-corrected chi connectivity index (χ1v) is 10.1. The molecule has 0 nitrogen and oxygen atoms in total. The molecule has 0 amide bonds. The number of benzene rings is 5. The molecule has 0 aliphatic heterocycles. The van der Waals surface area contributed by atoms with E-state index in [9.17, 15) is 0 Å². The smallest absolute Gasteiger partial charge is 0.00258 e. The highest BCUT2D eigenvalue weighted by molar-refractivity contribution is 6.04. The van der Waals surface area contributed by atoms with Gasteiger partial charge >= 0.3 is 0 Å². The molecule has 0 aliphatic carbocycles. The maximum atomic E-state index is 2.26. The SMILES string of the molecule is c1ccc(Cc2ccc(-c3ccc4ccccc4c3-c3ccccc3)cc2)cc1. The molecule has 0 spiro atoms. The summed E-state index contributed by atoms with van der Waals surface area (Å²) in [5.74, 6) is 0. The van der Waals surface area contributed by atoms with Crippen LogP contribution in [-0.4, -0.2) is 0 Å². The van der Waals surface area contributed by atoms with Crippen LogP contribution in [0.3, 0.4) is 0 Å². The van der Waals surface area contributed by atoms with E-state index >= 15 is 0 Å². The van der Waals surface area contributed by atoms with Crippen LogP contribution in [0.1, 0.15) is 11.1 Å². The second-order valence-electron chi connectivity index (χ2n) is 7.43. The van der Waals surface area contributed by atoms with Crippen LogP contribution in [-0.2, 0) is 6.42 Å². The van der Waals surface area contributed by atoms with Crippen molar-refractivity contribution in [2.24, 2.45) is 0 Å². The molecule has 0 saturated carbocycles. The van der Waals surface area contributed by atoms with Gasteiger partial charge < -0.3 is 0 Å². The van der Waals surface area contributed by atoms with Crippen molar-refractivity contribution >= 4 is 10.8 Å². The largest absolute Gasteiger partial charge is 0.0622 e.